The summed E-state index contributed by atoms with van der Waals surface area (Å²) < 4.78 is 10.1. The van der Waals surface area contributed by atoms with Gasteiger partial charge in [0.1, 0.15) is 5.69 Å². The maximum atomic E-state index is 12.9. The molecular formula is C21H19NO5. The molecular weight excluding hydrogens is 346 g/mol. The van der Waals surface area contributed by atoms with E-state index in [9.17, 15) is 14.8 Å². The number of fused-ring (bicyclic) bond motifs is 1. The third kappa shape index (κ3) is 3.61. The van der Waals surface area contributed by atoms with Gasteiger partial charge >= 0.3 is 5.97 Å². The Morgan fingerprint density at radius 2 is 1.67 bits per heavy atom. The number of carbonyl (C=O) groups excluding carboxylic acids is 2. The van der Waals surface area contributed by atoms with E-state index in [1.165, 1.54) is 14.2 Å². The number of esters is 1. The number of methoxy groups -OCH3 is 2. The number of ether oxygens (including phenoxy) is 2. The minimum absolute atomic E-state index is 0.0683. The molecule has 3 aromatic rings. The van der Waals surface area contributed by atoms with Crippen molar-refractivity contribution in [2.24, 2.45) is 0 Å². The number of anilines is 1. The average Bonchev–Trinajstić information content (AvgIpc) is 2.72. The number of hydroxylamine groups is 1. The van der Waals surface area contributed by atoms with Crippen molar-refractivity contribution in [3.05, 3.63) is 71.8 Å². The van der Waals surface area contributed by atoms with E-state index in [1.54, 1.807) is 36.4 Å². The Hall–Kier alpha value is -3.38. The van der Waals surface area contributed by atoms with Gasteiger partial charge in [-0.2, -0.15) is 5.06 Å². The van der Waals surface area contributed by atoms with Crippen molar-refractivity contribution in [1.29, 1.82) is 0 Å². The standard InChI is InChI=1S/C21H19NO5/c1-26-19(23)13-15-8-4-6-10-17(15)21(24)22(25)18-12-11-14-7-3-5-9-16(14)20(18)27-2/h3-12,25H,13H2,1-2H3. The molecule has 0 aromatic heterocycles. The molecule has 0 atom stereocenters. The van der Waals surface area contributed by atoms with E-state index in [0.717, 1.165) is 10.8 Å². The van der Waals surface area contributed by atoms with Crippen LogP contribution in [0, 0.1) is 0 Å². The van der Waals surface area contributed by atoms with Gasteiger partial charge in [-0.05, 0) is 23.1 Å². The molecule has 0 aliphatic carbocycles. The van der Waals surface area contributed by atoms with Gasteiger partial charge in [-0.25, -0.2) is 0 Å². The monoisotopic (exact) mass is 365 g/mol. The average molecular weight is 365 g/mol. The zero-order valence-corrected chi connectivity index (χ0v) is 15.0. The minimum Gasteiger partial charge on any atom is -0.494 e. The van der Waals surface area contributed by atoms with Gasteiger partial charge in [-0.15, -0.1) is 0 Å². The third-order valence-corrected chi connectivity index (χ3v) is 4.29. The van der Waals surface area contributed by atoms with Gasteiger partial charge < -0.3 is 9.47 Å². The van der Waals surface area contributed by atoms with Gasteiger partial charge in [-0.3, -0.25) is 14.8 Å². The quantitative estimate of drug-likeness (QED) is 0.425. The number of hydrogen-bond acceptors (Lipinski definition) is 5. The number of benzene rings is 3. The summed E-state index contributed by atoms with van der Waals surface area (Å²) in [5, 5.41) is 12.9. The van der Waals surface area contributed by atoms with Crippen LogP contribution in [0.25, 0.3) is 10.8 Å². The summed E-state index contributed by atoms with van der Waals surface area (Å²) >= 11 is 0. The van der Waals surface area contributed by atoms with Gasteiger partial charge in [0.05, 0.1) is 20.6 Å². The highest BCUT2D eigenvalue weighted by atomic mass is 16.5. The molecule has 0 bridgehead atoms. The second kappa shape index (κ2) is 7.88. The molecule has 0 aliphatic heterocycles. The van der Waals surface area contributed by atoms with Crippen LogP contribution >= 0.6 is 0 Å². The Balaban J connectivity index is 2.02. The van der Waals surface area contributed by atoms with Crippen LogP contribution in [-0.2, 0) is 16.0 Å². The predicted octanol–water partition coefficient (Wildman–Crippen LogP) is 3.60. The van der Waals surface area contributed by atoms with Gasteiger partial charge in [0.25, 0.3) is 5.91 Å². The van der Waals surface area contributed by atoms with E-state index in [4.69, 9.17) is 4.74 Å². The van der Waals surface area contributed by atoms with Gasteiger partial charge in [0, 0.05) is 10.9 Å². The SMILES string of the molecule is COC(=O)Cc1ccccc1C(=O)N(O)c1ccc2ccccc2c1OC. The molecule has 0 unspecified atom stereocenters. The number of nitrogens with zero attached hydrogens (tertiary/aromatic N) is 1. The largest absolute Gasteiger partial charge is 0.494 e. The summed E-state index contributed by atoms with van der Waals surface area (Å²) in [6.07, 6.45) is -0.0683. The first-order valence-corrected chi connectivity index (χ1v) is 8.30. The Morgan fingerprint density at radius 1 is 0.963 bits per heavy atom. The van der Waals surface area contributed by atoms with Gasteiger partial charge in [0.2, 0.25) is 0 Å². The van der Waals surface area contributed by atoms with Crippen LogP contribution in [0.15, 0.2) is 60.7 Å². The molecule has 0 saturated carbocycles. The van der Waals surface area contributed by atoms with Gasteiger partial charge in [-0.1, -0.05) is 48.5 Å². The van der Waals surface area contributed by atoms with Crippen LogP contribution in [0.2, 0.25) is 0 Å². The van der Waals surface area contributed by atoms with E-state index in [1.807, 2.05) is 24.3 Å². The van der Waals surface area contributed by atoms with Crippen LogP contribution in [0.1, 0.15) is 15.9 Å². The zero-order chi connectivity index (χ0) is 19.4. The molecule has 6 heteroatoms. The highest BCUT2D eigenvalue weighted by Gasteiger charge is 2.23. The Morgan fingerprint density at radius 3 is 2.41 bits per heavy atom. The molecule has 3 rings (SSSR count). The molecule has 1 amide bonds. The first kappa shape index (κ1) is 18.4. The maximum absolute atomic E-state index is 12.9. The molecule has 6 nitrogen and oxygen atoms in total. The van der Waals surface area contributed by atoms with E-state index < -0.39 is 11.9 Å². The van der Waals surface area contributed by atoms with Crippen molar-refractivity contribution in [2.75, 3.05) is 19.3 Å². The van der Waals surface area contributed by atoms with Crippen LogP contribution in [0.3, 0.4) is 0 Å². The molecule has 0 heterocycles. The number of amides is 1. The summed E-state index contributed by atoms with van der Waals surface area (Å²) in [7, 11) is 2.76. The summed E-state index contributed by atoms with van der Waals surface area (Å²) in [5.41, 5.74) is 0.892. The Labute approximate surface area is 156 Å². The van der Waals surface area contributed by atoms with E-state index in [0.29, 0.717) is 16.4 Å². The molecule has 0 saturated heterocycles. The summed E-state index contributed by atoms with van der Waals surface area (Å²) in [6.45, 7) is 0. The lowest BCUT2D eigenvalue weighted by molar-refractivity contribution is -0.139. The Kier molecular flexibility index (Phi) is 5.38. The lowest BCUT2D eigenvalue weighted by Gasteiger charge is -2.20. The lowest BCUT2D eigenvalue weighted by Crippen LogP contribution is -2.28. The molecule has 0 radical (unpaired) electrons. The topological polar surface area (TPSA) is 76.1 Å². The fourth-order valence-electron chi connectivity index (χ4n) is 2.95. The normalized spacial score (nSPS) is 10.5. The van der Waals surface area contributed by atoms with E-state index in [2.05, 4.69) is 4.74 Å². The number of rotatable bonds is 5. The van der Waals surface area contributed by atoms with Crippen molar-refractivity contribution in [2.45, 2.75) is 6.42 Å². The minimum atomic E-state index is -0.664. The van der Waals surface area contributed by atoms with Crippen LogP contribution in [0.4, 0.5) is 5.69 Å². The molecule has 1 N–H and O–H groups in total. The second-order valence-corrected chi connectivity index (χ2v) is 5.87. The van der Waals surface area contributed by atoms with Crippen molar-refractivity contribution >= 4 is 28.3 Å². The molecule has 138 valence electrons. The van der Waals surface area contributed by atoms with Crippen molar-refractivity contribution in [1.82, 2.24) is 0 Å². The van der Waals surface area contributed by atoms with Crippen LogP contribution in [0.5, 0.6) is 5.75 Å². The summed E-state index contributed by atoms with van der Waals surface area (Å²) in [6, 6.07) is 17.5. The third-order valence-electron chi connectivity index (χ3n) is 4.29. The fraction of sp³-hybridized carbons (Fsp3) is 0.143. The number of carbonyl (C=O) groups is 2. The van der Waals surface area contributed by atoms with Crippen LogP contribution in [-0.4, -0.2) is 31.3 Å². The smallest absolute Gasteiger partial charge is 0.310 e. The van der Waals surface area contributed by atoms with Crippen LogP contribution < -0.4 is 9.80 Å². The highest BCUT2D eigenvalue weighted by molar-refractivity contribution is 6.08. The van der Waals surface area contributed by atoms with E-state index in [-0.39, 0.29) is 17.7 Å². The van der Waals surface area contributed by atoms with E-state index >= 15 is 0 Å². The highest BCUT2D eigenvalue weighted by Crippen LogP contribution is 2.36. The zero-order valence-electron chi connectivity index (χ0n) is 15.0. The fourth-order valence-corrected chi connectivity index (χ4v) is 2.95. The molecule has 0 aliphatic rings. The molecule has 27 heavy (non-hydrogen) atoms. The first-order valence-electron chi connectivity index (χ1n) is 8.30. The molecule has 0 fully saturated rings. The predicted molar refractivity (Wildman–Crippen MR) is 101 cm³/mol. The van der Waals surface area contributed by atoms with Gasteiger partial charge in [0.15, 0.2) is 5.75 Å². The Bertz CT molecular complexity index is 999. The summed E-state index contributed by atoms with van der Waals surface area (Å²) in [4.78, 5) is 24.5. The molecule has 0 spiro atoms. The summed E-state index contributed by atoms with van der Waals surface area (Å²) in [5.74, 6) is -0.750. The molecule has 3 aromatic carbocycles. The lowest BCUT2D eigenvalue weighted by atomic mass is 10.0. The maximum Gasteiger partial charge on any atom is 0.310 e. The van der Waals surface area contributed by atoms with Crippen molar-refractivity contribution in [3.8, 4) is 5.75 Å². The number of hydrogen-bond donors (Lipinski definition) is 1. The van der Waals surface area contributed by atoms with Crippen molar-refractivity contribution in [3.63, 3.8) is 0 Å². The second-order valence-electron chi connectivity index (χ2n) is 5.87. The van der Waals surface area contributed by atoms with Crippen molar-refractivity contribution < 1.29 is 24.3 Å². The first-order chi connectivity index (χ1) is 13.1.